The lowest BCUT2D eigenvalue weighted by atomic mass is 9.97. The van der Waals surface area contributed by atoms with Gasteiger partial charge in [0.25, 0.3) is 0 Å². The Morgan fingerprint density at radius 2 is 2.06 bits per heavy atom. The minimum absolute atomic E-state index is 0.312. The highest BCUT2D eigenvalue weighted by Gasteiger charge is 2.13. The van der Waals surface area contributed by atoms with Crippen LogP contribution in [0.5, 0.6) is 5.75 Å². The first-order valence-electron chi connectivity index (χ1n) is 5.82. The predicted molar refractivity (Wildman–Crippen MR) is 67.0 cm³/mol. The highest BCUT2D eigenvalue weighted by atomic mass is 16.5. The molecule has 93 valence electrons. The normalized spacial score (nSPS) is 12.1. The predicted octanol–water partition coefficient (Wildman–Crippen LogP) is 2.94. The van der Waals surface area contributed by atoms with Gasteiger partial charge in [-0.3, -0.25) is 4.79 Å². The van der Waals surface area contributed by atoms with E-state index in [0.29, 0.717) is 12.8 Å². The number of benzene rings is 1. The lowest BCUT2D eigenvalue weighted by Gasteiger charge is -2.09. The van der Waals surface area contributed by atoms with Crippen molar-refractivity contribution in [2.45, 2.75) is 25.7 Å². The van der Waals surface area contributed by atoms with Crippen molar-refractivity contribution in [3.8, 4) is 5.75 Å². The van der Waals surface area contributed by atoms with E-state index in [1.165, 1.54) is 5.56 Å². The molecule has 1 aromatic rings. The minimum Gasteiger partial charge on any atom is -0.497 e. The van der Waals surface area contributed by atoms with E-state index in [2.05, 4.69) is 6.92 Å². The van der Waals surface area contributed by atoms with Crippen LogP contribution in [0.1, 0.15) is 24.8 Å². The summed E-state index contributed by atoms with van der Waals surface area (Å²) in [6, 6.07) is 7.87. The molecule has 1 rings (SSSR count). The summed E-state index contributed by atoms with van der Waals surface area (Å²) in [5.41, 5.74) is 1.21. The molecule has 3 nitrogen and oxygen atoms in total. The summed E-state index contributed by atoms with van der Waals surface area (Å²) in [6.45, 7) is 3.66. The summed E-state index contributed by atoms with van der Waals surface area (Å²) in [7, 11) is 1.64. The molecule has 1 atom stereocenters. The van der Waals surface area contributed by atoms with E-state index in [9.17, 15) is 4.79 Å². The largest absolute Gasteiger partial charge is 0.497 e. The fraction of sp³-hybridized carbons (Fsp3) is 0.429. The maximum atomic E-state index is 10.8. The zero-order chi connectivity index (χ0) is 12.7. The number of ether oxygens (including phenoxy) is 1. The van der Waals surface area contributed by atoms with E-state index in [1.54, 1.807) is 7.11 Å². The summed E-state index contributed by atoms with van der Waals surface area (Å²) in [5.74, 6) is -0.210. The molecule has 0 saturated heterocycles. The van der Waals surface area contributed by atoms with Crippen LogP contribution in [0.2, 0.25) is 0 Å². The summed E-state index contributed by atoms with van der Waals surface area (Å²) in [5, 5.41) is 8.88. The summed E-state index contributed by atoms with van der Waals surface area (Å²) < 4.78 is 5.07. The van der Waals surface area contributed by atoms with Crippen molar-refractivity contribution >= 4 is 5.97 Å². The highest BCUT2D eigenvalue weighted by Crippen LogP contribution is 2.16. The third-order valence-electron chi connectivity index (χ3n) is 2.87. The number of aliphatic carboxylic acids is 1. The van der Waals surface area contributed by atoms with Crippen LogP contribution in [0, 0.1) is 12.8 Å². The Balaban J connectivity index is 2.37. The molecular weight excluding hydrogens is 216 g/mol. The van der Waals surface area contributed by atoms with Crippen LogP contribution in [0.4, 0.5) is 0 Å². The molecule has 17 heavy (non-hydrogen) atoms. The number of rotatable bonds is 7. The molecule has 0 saturated carbocycles. The second kappa shape index (κ2) is 6.94. The highest BCUT2D eigenvalue weighted by molar-refractivity contribution is 5.69. The third kappa shape index (κ3) is 4.47. The van der Waals surface area contributed by atoms with Crippen molar-refractivity contribution in [1.82, 2.24) is 0 Å². The van der Waals surface area contributed by atoms with Gasteiger partial charge in [0.05, 0.1) is 13.0 Å². The van der Waals surface area contributed by atoms with Gasteiger partial charge in [0.15, 0.2) is 0 Å². The Kier molecular flexibility index (Phi) is 5.53. The van der Waals surface area contributed by atoms with Gasteiger partial charge in [-0.05, 0) is 43.4 Å². The number of hydrogen-bond acceptors (Lipinski definition) is 2. The second-order valence-corrected chi connectivity index (χ2v) is 4.06. The number of hydrogen-bond donors (Lipinski definition) is 1. The van der Waals surface area contributed by atoms with E-state index in [0.717, 1.165) is 18.6 Å². The van der Waals surface area contributed by atoms with Crippen LogP contribution in [0.3, 0.4) is 0 Å². The Hall–Kier alpha value is -1.51. The molecule has 1 radical (unpaired) electrons. The molecule has 3 heteroatoms. The molecule has 0 aromatic heterocycles. The maximum absolute atomic E-state index is 10.8. The van der Waals surface area contributed by atoms with Crippen molar-refractivity contribution in [2.24, 2.45) is 5.92 Å². The fourth-order valence-corrected chi connectivity index (χ4v) is 1.74. The quantitative estimate of drug-likeness (QED) is 0.790. The fourth-order valence-electron chi connectivity index (χ4n) is 1.74. The van der Waals surface area contributed by atoms with E-state index < -0.39 is 5.97 Å². The molecule has 0 aliphatic rings. The van der Waals surface area contributed by atoms with Crippen LogP contribution >= 0.6 is 0 Å². The van der Waals surface area contributed by atoms with Crippen molar-refractivity contribution in [2.75, 3.05) is 7.11 Å². The van der Waals surface area contributed by atoms with Gasteiger partial charge in [-0.1, -0.05) is 19.1 Å². The third-order valence-corrected chi connectivity index (χ3v) is 2.87. The van der Waals surface area contributed by atoms with Crippen molar-refractivity contribution in [3.05, 3.63) is 36.8 Å². The molecular formula is C14H19O3. The SMILES string of the molecule is [CH2]CC(CCCc1ccc(OC)cc1)C(=O)O. The molecule has 0 bridgehead atoms. The first-order chi connectivity index (χ1) is 8.17. The van der Waals surface area contributed by atoms with Crippen LogP contribution in [0.25, 0.3) is 0 Å². The standard InChI is InChI=1S/C14H19O3/c1-3-12(14(15)16)6-4-5-11-7-9-13(17-2)10-8-11/h7-10,12H,1,3-6H2,2H3,(H,15,16). The van der Waals surface area contributed by atoms with Gasteiger partial charge in [-0.15, -0.1) is 0 Å². The van der Waals surface area contributed by atoms with Gasteiger partial charge >= 0.3 is 5.97 Å². The minimum atomic E-state index is -0.741. The zero-order valence-electron chi connectivity index (χ0n) is 10.2. The van der Waals surface area contributed by atoms with Crippen LogP contribution < -0.4 is 4.74 Å². The number of carboxylic acids is 1. The van der Waals surface area contributed by atoms with Gasteiger partial charge in [0.2, 0.25) is 0 Å². The van der Waals surface area contributed by atoms with E-state index in [-0.39, 0.29) is 5.92 Å². The molecule has 1 aromatic carbocycles. The van der Waals surface area contributed by atoms with Gasteiger partial charge in [-0.2, -0.15) is 0 Å². The summed E-state index contributed by atoms with van der Waals surface area (Å²) in [6.07, 6.45) is 2.91. The zero-order valence-corrected chi connectivity index (χ0v) is 10.2. The molecule has 0 spiro atoms. The van der Waals surface area contributed by atoms with E-state index in [4.69, 9.17) is 9.84 Å². The van der Waals surface area contributed by atoms with Gasteiger partial charge in [-0.25, -0.2) is 0 Å². The lowest BCUT2D eigenvalue weighted by molar-refractivity contribution is -0.141. The van der Waals surface area contributed by atoms with E-state index >= 15 is 0 Å². The molecule has 0 fully saturated rings. The second-order valence-electron chi connectivity index (χ2n) is 4.06. The van der Waals surface area contributed by atoms with Crippen LogP contribution in [0.15, 0.2) is 24.3 Å². The Morgan fingerprint density at radius 3 is 2.53 bits per heavy atom. The van der Waals surface area contributed by atoms with Crippen LogP contribution in [-0.2, 0) is 11.2 Å². The summed E-state index contributed by atoms with van der Waals surface area (Å²) in [4.78, 5) is 10.8. The monoisotopic (exact) mass is 235 g/mol. The number of carboxylic acid groups (broad SMARTS) is 1. The Bertz CT molecular complexity index is 343. The molecule has 0 aliphatic heterocycles. The number of carbonyl (C=O) groups is 1. The Labute approximate surface area is 102 Å². The Morgan fingerprint density at radius 1 is 1.41 bits per heavy atom. The van der Waals surface area contributed by atoms with Crippen LogP contribution in [-0.4, -0.2) is 18.2 Å². The average molecular weight is 235 g/mol. The lowest BCUT2D eigenvalue weighted by Crippen LogP contribution is -2.12. The molecule has 0 amide bonds. The van der Waals surface area contributed by atoms with Gasteiger partial charge in [0, 0.05) is 0 Å². The van der Waals surface area contributed by atoms with Crippen molar-refractivity contribution in [1.29, 1.82) is 0 Å². The van der Waals surface area contributed by atoms with Gasteiger partial charge < -0.3 is 9.84 Å². The summed E-state index contributed by atoms with van der Waals surface area (Å²) >= 11 is 0. The average Bonchev–Trinajstić information content (AvgIpc) is 2.35. The molecule has 1 unspecified atom stereocenters. The van der Waals surface area contributed by atoms with Gasteiger partial charge in [0.1, 0.15) is 5.75 Å². The molecule has 1 N–H and O–H groups in total. The van der Waals surface area contributed by atoms with E-state index in [1.807, 2.05) is 24.3 Å². The van der Waals surface area contributed by atoms with Crippen molar-refractivity contribution in [3.63, 3.8) is 0 Å². The maximum Gasteiger partial charge on any atom is 0.306 e. The first kappa shape index (κ1) is 13.6. The molecule has 0 heterocycles. The first-order valence-corrected chi connectivity index (χ1v) is 5.82. The topological polar surface area (TPSA) is 46.5 Å². The molecule has 0 aliphatic carbocycles. The van der Waals surface area contributed by atoms with Crippen molar-refractivity contribution < 1.29 is 14.6 Å². The smallest absolute Gasteiger partial charge is 0.306 e. The number of aryl methyl sites for hydroxylation is 1. The number of methoxy groups -OCH3 is 1.